The van der Waals surface area contributed by atoms with Gasteiger partial charge in [0.2, 0.25) is 5.91 Å². The molecule has 1 atom stereocenters. The third-order valence-corrected chi connectivity index (χ3v) is 3.67. The Labute approximate surface area is 142 Å². The molecule has 2 rings (SSSR count). The van der Waals surface area contributed by atoms with Crippen molar-refractivity contribution in [1.82, 2.24) is 5.32 Å². The van der Waals surface area contributed by atoms with Gasteiger partial charge >= 0.3 is 6.18 Å². The summed E-state index contributed by atoms with van der Waals surface area (Å²) in [4.78, 5) is 12.1. The van der Waals surface area contributed by atoms with E-state index < -0.39 is 29.5 Å². The second-order valence-electron chi connectivity index (χ2n) is 5.56. The molecule has 2 aromatic carbocycles. The number of carbonyl (C=O) groups is 1. The lowest BCUT2D eigenvalue weighted by Crippen LogP contribution is -2.28. The average molecular weight is 355 g/mol. The van der Waals surface area contributed by atoms with Gasteiger partial charge in [-0.05, 0) is 36.2 Å². The van der Waals surface area contributed by atoms with Crippen LogP contribution in [0.15, 0.2) is 42.5 Å². The first kappa shape index (κ1) is 18.8. The number of benzene rings is 2. The molecule has 0 aliphatic heterocycles. The average Bonchev–Trinajstić information content (AvgIpc) is 2.54. The van der Waals surface area contributed by atoms with E-state index in [4.69, 9.17) is 4.74 Å². The fourth-order valence-corrected chi connectivity index (χ4v) is 2.37. The van der Waals surface area contributed by atoms with Gasteiger partial charge in [-0.3, -0.25) is 4.79 Å². The minimum absolute atomic E-state index is 0.0891. The number of hydrogen-bond donors (Lipinski definition) is 1. The Kier molecular flexibility index (Phi) is 5.66. The van der Waals surface area contributed by atoms with Crippen LogP contribution in [0.4, 0.5) is 17.6 Å². The van der Waals surface area contributed by atoms with Crippen molar-refractivity contribution in [2.24, 2.45) is 0 Å². The van der Waals surface area contributed by atoms with Crippen molar-refractivity contribution in [3.8, 4) is 5.75 Å². The maximum Gasteiger partial charge on any atom is 0.416 e. The molecule has 0 aliphatic rings. The van der Waals surface area contributed by atoms with Gasteiger partial charge in [-0.15, -0.1) is 0 Å². The monoisotopic (exact) mass is 355 g/mol. The topological polar surface area (TPSA) is 38.3 Å². The summed E-state index contributed by atoms with van der Waals surface area (Å²) in [6, 6.07) is 8.39. The third kappa shape index (κ3) is 4.95. The first-order valence-electron chi connectivity index (χ1n) is 7.49. The molecule has 0 spiro atoms. The molecule has 0 fully saturated rings. The van der Waals surface area contributed by atoms with Gasteiger partial charge in [-0.25, -0.2) is 4.39 Å². The van der Waals surface area contributed by atoms with Crippen molar-refractivity contribution in [2.45, 2.75) is 25.6 Å². The van der Waals surface area contributed by atoms with E-state index in [2.05, 4.69) is 5.32 Å². The number of rotatable bonds is 5. The predicted octanol–water partition coefficient (Wildman–Crippen LogP) is 4.27. The number of carbonyl (C=O) groups excluding carboxylic acids is 1. The molecule has 3 nitrogen and oxygen atoms in total. The van der Waals surface area contributed by atoms with Crippen LogP contribution in [0.1, 0.15) is 29.7 Å². The third-order valence-electron chi connectivity index (χ3n) is 3.67. The molecule has 2 aromatic rings. The van der Waals surface area contributed by atoms with Crippen LogP contribution in [0.2, 0.25) is 0 Å². The summed E-state index contributed by atoms with van der Waals surface area (Å²) in [5.41, 5.74) is -0.0285. The van der Waals surface area contributed by atoms with Crippen LogP contribution in [-0.2, 0) is 17.4 Å². The SMILES string of the molecule is COc1ccc([C@@H](C)NC(=O)Cc2cccc(C(F)(F)F)c2)cc1F. The fourth-order valence-electron chi connectivity index (χ4n) is 2.37. The van der Waals surface area contributed by atoms with Gasteiger partial charge in [0.05, 0.1) is 25.1 Å². The Morgan fingerprint density at radius 2 is 1.92 bits per heavy atom. The molecular weight excluding hydrogens is 338 g/mol. The second kappa shape index (κ2) is 7.55. The number of hydrogen-bond acceptors (Lipinski definition) is 2. The Morgan fingerprint density at radius 3 is 2.52 bits per heavy atom. The largest absolute Gasteiger partial charge is 0.494 e. The lowest BCUT2D eigenvalue weighted by atomic mass is 10.1. The van der Waals surface area contributed by atoms with E-state index >= 15 is 0 Å². The van der Waals surface area contributed by atoms with Gasteiger partial charge in [-0.1, -0.05) is 24.3 Å². The summed E-state index contributed by atoms with van der Waals surface area (Å²) >= 11 is 0. The van der Waals surface area contributed by atoms with E-state index in [1.165, 1.54) is 31.4 Å². The van der Waals surface area contributed by atoms with Crippen LogP contribution in [0, 0.1) is 5.82 Å². The lowest BCUT2D eigenvalue weighted by molar-refractivity contribution is -0.137. The maximum atomic E-state index is 13.7. The summed E-state index contributed by atoms with van der Waals surface area (Å²) in [7, 11) is 1.35. The Hall–Kier alpha value is -2.57. The Morgan fingerprint density at radius 1 is 1.20 bits per heavy atom. The summed E-state index contributed by atoms with van der Waals surface area (Å²) in [5.74, 6) is -0.923. The molecule has 134 valence electrons. The van der Waals surface area contributed by atoms with Gasteiger partial charge in [0.15, 0.2) is 11.6 Å². The molecule has 1 N–H and O–H groups in total. The molecule has 7 heteroatoms. The van der Waals surface area contributed by atoms with Crippen molar-refractivity contribution >= 4 is 5.91 Å². The van der Waals surface area contributed by atoms with E-state index in [9.17, 15) is 22.4 Å². The van der Waals surface area contributed by atoms with E-state index in [0.29, 0.717) is 5.56 Å². The molecule has 0 aliphatic carbocycles. The van der Waals surface area contributed by atoms with E-state index in [0.717, 1.165) is 12.1 Å². The molecule has 0 unspecified atom stereocenters. The molecule has 0 heterocycles. The molecule has 1 amide bonds. The highest BCUT2D eigenvalue weighted by Gasteiger charge is 2.30. The number of methoxy groups -OCH3 is 1. The van der Waals surface area contributed by atoms with E-state index in [-0.39, 0.29) is 17.7 Å². The van der Waals surface area contributed by atoms with E-state index in [1.807, 2.05) is 0 Å². The standard InChI is InChI=1S/C18H17F4NO2/c1-11(13-6-7-16(25-2)15(19)10-13)23-17(24)9-12-4-3-5-14(8-12)18(20,21)22/h3-8,10-11H,9H2,1-2H3,(H,23,24)/t11-/m1/s1. The smallest absolute Gasteiger partial charge is 0.416 e. The highest BCUT2D eigenvalue weighted by molar-refractivity contribution is 5.79. The number of nitrogens with one attached hydrogen (secondary N) is 1. The Bertz CT molecular complexity index is 759. The minimum atomic E-state index is -4.46. The number of ether oxygens (including phenoxy) is 1. The normalized spacial score (nSPS) is 12.6. The second-order valence-corrected chi connectivity index (χ2v) is 5.56. The highest BCUT2D eigenvalue weighted by Crippen LogP contribution is 2.29. The summed E-state index contributed by atoms with van der Waals surface area (Å²) in [6.45, 7) is 1.66. The zero-order valence-electron chi connectivity index (χ0n) is 13.7. The van der Waals surface area contributed by atoms with Crippen molar-refractivity contribution in [3.63, 3.8) is 0 Å². The summed E-state index contributed by atoms with van der Waals surface area (Å²) in [5, 5.41) is 2.64. The van der Waals surface area contributed by atoms with Crippen LogP contribution in [0.5, 0.6) is 5.75 Å². The van der Waals surface area contributed by atoms with Crippen molar-refractivity contribution in [2.75, 3.05) is 7.11 Å². The summed E-state index contributed by atoms with van der Waals surface area (Å²) in [6.07, 6.45) is -4.66. The summed E-state index contributed by atoms with van der Waals surface area (Å²) < 4.78 is 56.6. The lowest BCUT2D eigenvalue weighted by Gasteiger charge is -2.15. The number of amides is 1. The Balaban J connectivity index is 2.04. The molecule has 0 aromatic heterocycles. The highest BCUT2D eigenvalue weighted by atomic mass is 19.4. The molecule has 0 saturated heterocycles. The first-order chi connectivity index (χ1) is 11.7. The van der Waals surface area contributed by atoms with Crippen LogP contribution in [0.3, 0.4) is 0 Å². The molecular formula is C18H17F4NO2. The molecule has 25 heavy (non-hydrogen) atoms. The number of alkyl halides is 3. The predicted molar refractivity (Wildman–Crippen MR) is 84.7 cm³/mol. The first-order valence-corrected chi connectivity index (χ1v) is 7.49. The van der Waals surface area contributed by atoms with Crippen molar-refractivity contribution < 1.29 is 27.1 Å². The van der Waals surface area contributed by atoms with Gasteiger partial charge in [0.25, 0.3) is 0 Å². The van der Waals surface area contributed by atoms with Gasteiger partial charge in [-0.2, -0.15) is 13.2 Å². The van der Waals surface area contributed by atoms with Crippen molar-refractivity contribution in [1.29, 1.82) is 0 Å². The zero-order chi connectivity index (χ0) is 18.6. The quantitative estimate of drug-likeness (QED) is 0.814. The van der Waals surface area contributed by atoms with Crippen LogP contribution in [-0.4, -0.2) is 13.0 Å². The van der Waals surface area contributed by atoms with Gasteiger partial charge in [0, 0.05) is 0 Å². The fraction of sp³-hybridized carbons (Fsp3) is 0.278. The van der Waals surface area contributed by atoms with Crippen molar-refractivity contribution in [3.05, 3.63) is 65.0 Å². The maximum absolute atomic E-state index is 13.7. The van der Waals surface area contributed by atoms with Gasteiger partial charge < -0.3 is 10.1 Å². The van der Waals surface area contributed by atoms with Crippen LogP contribution >= 0.6 is 0 Å². The van der Waals surface area contributed by atoms with E-state index in [1.54, 1.807) is 13.0 Å². The minimum Gasteiger partial charge on any atom is -0.494 e. The zero-order valence-corrected chi connectivity index (χ0v) is 13.7. The van der Waals surface area contributed by atoms with Gasteiger partial charge in [0.1, 0.15) is 0 Å². The van der Waals surface area contributed by atoms with Crippen LogP contribution in [0.25, 0.3) is 0 Å². The molecule has 0 radical (unpaired) electrons. The molecule has 0 bridgehead atoms. The molecule has 0 saturated carbocycles. The number of halogens is 4. The van der Waals surface area contributed by atoms with Crippen LogP contribution < -0.4 is 10.1 Å².